The van der Waals surface area contributed by atoms with Crippen molar-refractivity contribution in [3.05, 3.63) is 81.6 Å². The zero-order valence-corrected chi connectivity index (χ0v) is 17.1. The number of nitrogens with one attached hydrogen (secondary N) is 1. The lowest BCUT2D eigenvalue weighted by atomic mass is 10.1. The van der Waals surface area contributed by atoms with E-state index >= 15 is 0 Å². The minimum Gasteiger partial charge on any atom is -0.368 e. The first-order valence-electron chi connectivity index (χ1n) is 9.24. The molecule has 0 aliphatic heterocycles. The molecule has 0 fully saturated rings. The molecule has 1 unspecified atom stereocenters. The van der Waals surface area contributed by atoms with Crippen LogP contribution in [0.25, 0.3) is 11.2 Å². The zero-order chi connectivity index (χ0) is 21.4. The van der Waals surface area contributed by atoms with E-state index in [4.69, 9.17) is 17.3 Å². The normalized spacial score (nSPS) is 12.1. The highest BCUT2D eigenvalue weighted by Crippen LogP contribution is 2.25. The van der Waals surface area contributed by atoms with Gasteiger partial charge in [0.15, 0.2) is 5.78 Å². The van der Waals surface area contributed by atoms with Gasteiger partial charge in [-0.25, -0.2) is 4.98 Å². The van der Waals surface area contributed by atoms with Crippen molar-refractivity contribution in [1.29, 1.82) is 0 Å². The van der Waals surface area contributed by atoms with E-state index < -0.39 is 6.04 Å². The topological polar surface area (TPSA) is 107 Å². The largest absolute Gasteiger partial charge is 0.368 e. The van der Waals surface area contributed by atoms with Crippen molar-refractivity contribution >= 4 is 34.7 Å². The molecular weight excluding hydrogens is 404 g/mol. The number of Topliss-reactive ketones (excluding diaryl/α,β-unsaturated/α-hetero) is 1. The Morgan fingerprint density at radius 2 is 1.97 bits per heavy atom. The summed E-state index contributed by atoms with van der Waals surface area (Å²) in [5.41, 5.74) is 7.50. The van der Waals surface area contributed by atoms with E-state index in [2.05, 4.69) is 15.3 Å². The van der Waals surface area contributed by atoms with Crippen LogP contribution in [-0.2, 0) is 0 Å². The van der Waals surface area contributed by atoms with Gasteiger partial charge in [0.2, 0.25) is 5.95 Å². The second-order valence-corrected chi connectivity index (χ2v) is 7.27. The van der Waals surface area contributed by atoms with Gasteiger partial charge < -0.3 is 15.5 Å². The molecule has 152 valence electrons. The number of aromatic nitrogens is 4. The highest BCUT2D eigenvalue weighted by atomic mass is 35.5. The Bertz CT molecular complexity index is 1310. The van der Waals surface area contributed by atoms with Crippen LogP contribution in [0.4, 0.5) is 11.8 Å². The van der Waals surface area contributed by atoms with E-state index in [1.807, 2.05) is 43.5 Å². The van der Waals surface area contributed by atoms with Gasteiger partial charge in [-0.1, -0.05) is 29.8 Å². The number of anilines is 2. The third kappa shape index (κ3) is 3.42. The van der Waals surface area contributed by atoms with Gasteiger partial charge in [-0.15, -0.1) is 0 Å². The van der Waals surface area contributed by atoms with Crippen LogP contribution in [0.1, 0.15) is 35.9 Å². The monoisotopic (exact) mass is 422 g/mol. The van der Waals surface area contributed by atoms with Crippen molar-refractivity contribution in [1.82, 2.24) is 18.9 Å². The Kier molecular flexibility index (Phi) is 5.01. The molecule has 4 aromatic rings. The summed E-state index contributed by atoms with van der Waals surface area (Å²) in [6.07, 6.45) is 4.94. The third-order valence-corrected chi connectivity index (χ3v) is 5.10. The van der Waals surface area contributed by atoms with Crippen molar-refractivity contribution in [2.75, 3.05) is 11.1 Å². The maximum absolute atomic E-state index is 13.3. The number of hydrogen-bond acceptors (Lipinski definition) is 6. The van der Waals surface area contributed by atoms with Gasteiger partial charge in [-0.05, 0) is 32.0 Å². The summed E-state index contributed by atoms with van der Waals surface area (Å²) in [4.78, 5) is 33.4. The van der Waals surface area contributed by atoms with Gasteiger partial charge >= 0.3 is 0 Å². The summed E-state index contributed by atoms with van der Waals surface area (Å²) < 4.78 is 3.29. The Morgan fingerprint density at radius 3 is 2.67 bits per heavy atom. The number of hydrogen-bond donors (Lipinski definition) is 2. The van der Waals surface area contributed by atoms with Crippen LogP contribution in [0, 0.1) is 0 Å². The molecule has 3 N–H and O–H groups in total. The van der Waals surface area contributed by atoms with Gasteiger partial charge in [-0.2, -0.15) is 4.98 Å². The molecule has 9 heteroatoms. The molecular formula is C21H19ClN6O2. The van der Waals surface area contributed by atoms with Crippen molar-refractivity contribution < 1.29 is 4.79 Å². The summed E-state index contributed by atoms with van der Waals surface area (Å²) in [5.74, 6) is 0.154. The first-order chi connectivity index (χ1) is 14.4. The molecule has 0 saturated carbocycles. The molecule has 8 nitrogen and oxygen atoms in total. The summed E-state index contributed by atoms with van der Waals surface area (Å²) in [5, 5.41) is 3.57. The fraction of sp³-hybridized carbons (Fsp3) is 0.143. The first kappa shape index (κ1) is 19.7. The van der Waals surface area contributed by atoms with E-state index in [1.54, 1.807) is 21.2 Å². The van der Waals surface area contributed by atoms with Crippen molar-refractivity contribution in [2.45, 2.75) is 19.9 Å². The average Bonchev–Trinajstić information content (AvgIpc) is 3.09. The van der Waals surface area contributed by atoms with Crippen molar-refractivity contribution in [3.8, 4) is 5.69 Å². The molecule has 1 atom stereocenters. The Hall–Kier alpha value is -3.65. The number of carbonyl (C=O) groups excluding carboxylic acids is 1. The van der Waals surface area contributed by atoms with Crippen LogP contribution >= 0.6 is 11.6 Å². The van der Waals surface area contributed by atoms with Crippen LogP contribution < -0.4 is 16.6 Å². The summed E-state index contributed by atoms with van der Waals surface area (Å²) in [7, 11) is 0. The fourth-order valence-corrected chi connectivity index (χ4v) is 3.59. The Labute approximate surface area is 177 Å². The quantitative estimate of drug-likeness (QED) is 0.477. The lowest BCUT2D eigenvalue weighted by Crippen LogP contribution is -2.27. The van der Waals surface area contributed by atoms with Crippen LogP contribution in [0.3, 0.4) is 0 Å². The zero-order valence-electron chi connectivity index (χ0n) is 16.3. The number of halogens is 1. The van der Waals surface area contributed by atoms with E-state index in [9.17, 15) is 9.59 Å². The highest BCUT2D eigenvalue weighted by molar-refractivity contribution is 6.33. The van der Waals surface area contributed by atoms with Crippen molar-refractivity contribution in [3.63, 3.8) is 0 Å². The molecule has 0 saturated heterocycles. The number of nitrogens with two attached hydrogens (primary N) is 1. The molecule has 0 aliphatic carbocycles. The number of nitrogen functional groups attached to an aromatic ring is 1. The minimum absolute atomic E-state index is 0.0443. The second-order valence-electron chi connectivity index (χ2n) is 6.86. The molecule has 4 rings (SSSR count). The number of carbonyl (C=O) groups is 1. The van der Waals surface area contributed by atoms with Crippen LogP contribution in [-0.4, -0.2) is 24.7 Å². The molecule has 3 heterocycles. The fourth-order valence-electron chi connectivity index (χ4n) is 3.36. The second kappa shape index (κ2) is 7.64. The van der Waals surface area contributed by atoms with Gasteiger partial charge in [0.1, 0.15) is 11.3 Å². The molecule has 30 heavy (non-hydrogen) atoms. The van der Waals surface area contributed by atoms with Gasteiger partial charge in [0.25, 0.3) is 5.56 Å². The molecule has 1 aromatic carbocycles. The van der Waals surface area contributed by atoms with E-state index in [0.29, 0.717) is 33.3 Å². The maximum atomic E-state index is 13.3. The Morgan fingerprint density at radius 1 is 1.23 bits per heavy atom. The number of benzene rings is 1. The average molecular weight is 423 g/mol. The number of nitrogens with zero attached hydrogens (tertiary/aromatic N) is 4. The SMILES string of the molecule is CC(=O)c1cnc(N)nc1NC(C)c1cn2ccc(Cl)c2c(=O)n1-c1ccccc1. The predicted octanol–water partition coefficient (Wildman–Crippen LogP) is 3.49. The molecule has 0 spiro atoms. The molecule has 0 aliphatic rings. The molecule has 3 aromatic heterocycles. The Balaban J connectivity index is 1.90. The van der Waals surface area contributed by atoms with Crippen molar-refractivity contribution in [2.24, 2.45) is 0 Å². The van der Waals surface area contributed by atoms with Gasteiger partial charge in [0, 0.05) is 24.3 Å². The number of para-hydroxylation sites is 1. The maximum Gasteiger partial charge on any atom is 0.281 e. The van der Waals surface area contributed by atoms with Crippen LogP contribution in [0.2, 0.25) is 5.02 Å². The van der Waals surface area contributed by atoms with Crippen LogP contribution in [0.15, 0.2) is 59.8 Å². The van der Waals surface area contributed by atoms with Crippen LogP contribution in [0.5, 0.6) is 0 Å². The lowest BCUT2D eigenvalue weighted by molar-refractivity contribution is 0.101. The molecule has 0 radical (unpaired) electrons. The number of fused-ring (bicyclic) bond motifs is 1. The standard InChI is InChI=1S/C21H19ClN6O2/c1-12(25-19-15(13(2)29)10-24-21(23)26-19)17-11-27-9-8-16(22)18(27)20(30)28(17)14-6-4-3-5-7-14/h3-12H,1-2H3,(H3,23,24,25,26). The van der Waals surface area contributed by atoms with E-state index in [1.165, 1.54) is 13.1 Å². The van der Waals surface area contributed by atoms with Gasteiger partial charge in [-0.3, -0.25) is 14.2 Å². The smallest absolute Gasteiger partial charge is 0.281 e. The molecule has 0 amide bonds. The third-order valence-electron chi connectivity index (χ3n) is 4.80. The number of ketones is 1. The lowest BCUT2D eigenvalue weighted by Gasteiger charge is -2.22. The minimum atomic E-state index is -0.407. The highest BCUT2D eigenvalue weighted by Gasteiger charge is 2.20. The van der Waals surface area contributed by atoms with E-state index in [0.717, 1.165) is 0 Å². The van der Waals surface area contributed by atoms with E-state index in [-0.39, 0.29) is 17.3 Å². The number of rotatable bonds is 5. The molecule has 0 bridgehead atoms. The summed E-state index contributed by atoms with van der Waals surface area (Å²) >= 11 is 6.25. The first-order valence-corrected chi connectivity index (χ1v) is 9.62. The summed E-state index contributed by atoms with van der Waals surface area (Å²) in [6, 6.07) is 10.5. The summed E-state index contributed by atoms with van der Waals surface area (Å²) in [6.45, 7) is 3.30. The van der Waals surface area contributed by atoms with Gasteiger partial charge in [0.05, 0.1) is 22.3 Å². The predicted molar refractivity (Wildman–Crippen MR) is 116 cm³/mol.